The minimum atomic E-state index is -0.904. The molecule has 2 rings (SSSR count). The Bertz CT molecular complexity index is 750. The molecule has 0 saturated carbocycles. The van der Waals surface area contributed by atoms with Crippen molar-refractivity contribution >= 4 is 28.9 Å². The molecule has 0 aliphatic carbocycles. The summed E-state index contributed by atoms with van der Waals surface area (Å²) < 4.78 is 10.8. The van der Waals surface area contributed by atoms with Gasteiger partial charge in [-0.05, 0) is 11.6 Å². The van der Waals surface area contributed by atoms with Gasteiger partial charge in [-0.2, -0.15) is 0 Å². The summed E-state index contributed by atoms with van der Waals surface area (Å²) in [6.07, 6.45) is 1.13. The van der Waals surface area contributed by atoms with Crippen LogP contribution in [-0.4, -0.2) is 42.8 Å². The summed E-state index contributed by atoms with van der Waals surface area (Å²) in [6.45, 7) is 1.46. The van der Waals surface area contributed by atoms with E-state index in [0.29, 0.717) is 0 Å². The molecule has 1 aromatic carbocycles. The molecule has 1 heterocycles. The van der Waals surface area contributed by atoms with Crippen LogP contribution in [0.4, 0.5) is 4.79 Å². The standard InChI is InChI=1S/C16H18N2O5/c1-10(19)18-9-11(12-6-4-5-7-14(12)18)8-13(15(20)22-2)17-16(21)23-3/h4-7,9,13H,8H2,1-3H3,(H,17,21)/t13-/m0/s1. The number of aromatic nitrogens is 1. The van der Waals surface area contributed by atoms with E-state index in [1.54, 1.807) is 6.20 Å². The van der Waals surface area contributed by atoms with E-state index in [4.69, 9.17) is 4.74 Å². The molecule has 7 nitrogen and oxygen atoms in total. The van der Waals surface area contributed by atoms with Gasteiger partial charge in [0, 0.05) is 24.9 Å². The fraction of sp³-hybridized carbons (Fsp3) is 0.312. The maximum Gasteiger partial charge on any atom is 0.407 e. The van der Waals surface area contributed by atoms with Crippen LogP contribution in [0.3, 0.4) is 0 Å². The first kappa shape index (κ1) is 16.5. The fourth-order valence-corrected chi connectivity index (χ4v) is 2.43. The molecule has 1 amide bonds. The average molecular weight is 318 g/mol. The first-order valence-corrected chi connectivity index (χ1v) is 7.00. The number of carbonyl (C=O) groups is 3. The lowest BCUT2D eigenvalue weighted by atomic mass is 10.1. The van der Waals surface area contributed by atoms with Crippen LogP contribution in [0, 0.1) is 0 Å². The van der Waals surface area contributed by atoms with Crippen molar-refractivity contribution in [2.24, 2.45) is 0 Å². The number of alkyl carbamates (subject to hydrolysis) is 1. The number of ether oxygens (including phenoxy) is 2. The molecular formula is C16H18N2O5. The third-order valence-electron chi connectivity index (χ3n) is 3.52. The zero-order valence-corrected chi connectivity index (χ0v) is 13.2. The van der Waals surface area contributed by atoms with E-state index in [9.17, 15) is 14.4 Å². The van der Waals surface area contributed by atoms with Crippen LogP contribution in [0.1, 0.15) is 17.3 Å². The molecule has 0 bridgehead atoms. The minimum absolute atomic E-state index is 0.136. The maximum absolute atomic E-state index is 11.9. The third-order valence-corrected chi connectivity index (χ3v) is 3.52. The molecule has 0 aliphatic rings. The zero-order valence-electron chi connectivity index (χ0n) is 13.2. The number of nitrogens with one attached hydrogen (secondary N) is 1. The molecule has 7 heteroatoms. The van der Waals surface area contributed by atoms with Crippen molar-refractivity contribution in [2.45, 2.75) is 19.4 Å². The molecule has 0 spiro atoms. The highest BCUT2D eigenvalue weighted by Gasteiger charge is 2.24. The zero-order chi connectivity index (χ0) is 17.0. The van der Waals surface area contributed by atoms with E-state index in [-0.39, 0.29) is 12.3 Å². The van der Waals surface area contributed by atoms with Crippen molar-refractivity contribution in [3.63, 3.8) is 0 Å². The molecule has 0 fully saturated rings. The van der Waals surface area contributed by atoms with Crippen molar-refractivity contribution in [2.75, 3.05) is 14.2 Å². The molecule has 0 saturated heterocycles. The predicted molar refractivity (Wildman–Crippen MR) is 83.3 cm³/mol. The van der Waals surface area contributed by atoms with Crippen LogP contribution < -0.4 is 5.32 Å². The van der Waals surface area contributed by atoms with Gasteiger partial charge >= 0.3 is 12.1 Å². The van der Waals surface area contributed by atoms with E-state index in [1.807, 2.05) is 24.3 Å². The Labute approximate surface area is 133 Å². The Morgan fingerprint density at radius 1 is 1.17 bits per heavy atom. The average Bonchev–Trinajstić information content (AvgIpc) is 2.92. The molecule has 122 valence electrons. The third kappa shape index (κ3) is 3.50. The van der Waals surface area contributed by atoms with E-state index < -0.39 is 18.1 Å². The van der Waals surface area contributed by atoms with Gasteiger partial charge in [0.25, 0.3) is 0 Å². The fourth-order valence-electron chi connectivity index (χ4n) is 2.43. The van der Waals surface area contributed by atoms with Crippen LogP contribution in [-0.2, 0) is 20.7 Å². The van der Waals surface area contributed by atoms with Crippen molar-refractivity contribution < 1.29 is 23.9 Å². The number of esters is 1. The smallest absolute Gasteiger partial charge is 0.407 e. The topological polar surface area (TPSA) is 86.6 Å². The molecule has 0 aliphatic heterocycles. The Morgan fingerprint density at radius 3 is 2.48 bits per heavy atom. The number of nitrogens with zero attached hydrogens (tertiary/aromatic N) is 1. The van der Waals surface area contributed by atoms with Gasteiger partial charge in [-0.25, -0.2) is 9.59 Å². The molecule has 0 radical (unpaired) electrons. The number of hydrogen-bond acceptors (Lipinski definition) is 5. The number of rotatable bonds is 4. The highest BCUT2D eigenvalue weighted by molar-refractivity contribution is 5.94. The number of benzene rings is 1. The molecule has 1 N–H and O–H groups in total. The summed E-state index contributed by atoms with van der Waals surface area (Å²) in [5.41, 5.74) is 1.50. The lowest BCUT2D eigenvalue weighted by molar-refractivity contribution is -0.142. The Hall–Kier alpha value is -2.83. The summed E-state index contributed by atoms with van der Waals surface area (Å²) in [6, 6.07) is 6.45. The van der Waals surface area contributed by atoms with Gasteiger partial charge in [-0.3, -0.25) is 9.36 Å². The molecule has 1 aromatic heterocycles. The van der Waals surface area contributed by atoms with Gasteiger partial charge in [-0.15, -0.1) is 0 Å². The minimum Gasteiger partial charge on any atom is -0.467 e. The largest absolute Gasteiger partial charge is 0.467 e. The molecule has 1 atom stereocenters. The first-order valence-electron chi connectivity index (χ1n) is 7.00. The number of carbonyl (C=O) groups excluding carboxylic acids is 3. The molecule has 23 heavy (non-hydrogen) atoms. The van der Waals surface area contributed by atoms with Crippen molar-refractivity contribution in [1.82, 2.24) is 9.88 Å². The van der Waals surface area contributed by atoms with Crippen molar-refractivity contribution in [3.8, 4) is 0 Å². The quantitative estimate of drug-likeness (QED) is 0.868. The Morgan fingerprint density at radius 2 is 1.87 bits per heavy atom. The summed E-state index contributed by atoms with van der Waals surface area (Å²) in [4.78, 5) is 35.0. The van der Waals surface area contributed by atoms with Gasteiger partial charge in [0.1, 0.15) is 6.04 Å². The highest BCUT2D eigenvalue weighted by Crippen LogP contribution is 2.22. The van der Waals surface area contributed by atoms with E-state index >= 15 is 0 Å². The van der Waals surface area contributed by atoms with Crippen LogP contribution in [0.5, 0.6) is 0 Å². The highest BCUT2D eigenvalue weighted by atomic mass is 16.5. The predicted octanol–water partition coefficient (Wildman–Crippen LogP) is 1.74. The van der Waals surface area contributed by atoms with Gasteiger partial charge < -0.3 is 14.8 Å². The van der Waals surface area contributed by atoms with Crippen molar-refractivity contribution in [3.05, 3.63) is 36.0 Å². The second-order valence-corrected chi connectivity index (χ2v) is 4.98. The van der Waals surface area contributed by atoms with Crippen LogP contribution >= 0.6 is 0 Å². The van der Waals surface area contributed by atoms with Gasteiger partial charge in [0.15, 0.2) is 0 Å². The van der Waals surface area contributed by atoms with E-state index in [1.165, 1.54) is 25.7 Å². The summed E-state index contributed by atoms with van der Waals surface area (Å²) >= 11 is 0. The number of methoxy groups -OCH3 is 2. The number of amides is 1. The Kier molecular flexibility index (Phi) is 5.00. The lowest BCUT2D eigenvalue weighted by Crippen LogP contribution is -2.42. The number of para-hydroxylation sites is 1. The normalized spacial score (nSPS) is 11.8. The molecule has 2 aromatic rings. The van der Waals surface area contributed by atoms with E-state index in [0.717, 1.165) is 16.5 Å². The summed E-state index contributed by atoms with van der Waals surface area (Å²) in [5, 5.41) is 3.28. The summed E-state index contributed by atoms with van der Waals surface area (Å²) in [7, 11) is 2.46. The lowest BCUT2D eigenvalue weighted by Gasteiger charge is -2.15. The Balaban J connectivity index is 2.40. The maximum atomic E-state index is 11.9. The van der Waals surface area contributed by atoms with Crippen LogP contribution in [0.2, 0.25) is 0 Å². The monoisotopic (exact) mass is 318 g/mol. The summed E-state index contributed by atoms with van der Waals surface area (Å²) in [5.74, 6) is -0.724. The SMILES string of the molecule is COC(=O)N[C@@H](Cc1cn(C(C)=O)c2ccccc12)C(=O)OC. The van der Waals surface area contributed by atoms with Crippen LogP contribution in [0.15, 0.2) is 30.5 Å². The molecule has 0 unspecified atom stereocenters. The number of hydrogen-bond donors (Lipinski definition) is 1. The van der Waals surface area contributed by atoms with Crippen molar-refractivity contribution in [1.29, 1.82) is 0 Å². The van der Waals surface area contributed by atoms with E-state index in [2.05, 4.69) is 10.1 Å². The second kappa shape index (κ2) is 6.95. The van der Waals surface area contributed by atoms with Crippen LogP contribution in [0.25, 0.3) is 10.9 Å². The van der Waals surface area contributed by atoms with Gasteiger partial charge in [-0.1, -0.05) is 18.2 Å². The first-order chi connectivity index (χ1) is 11.0. The second-order valence-electron chi connectivity index (χ2n) is 4.98. The van der Waals surface area contributed by atoms with Gasteiger partial charge in [0.2, 0.25) is 5.91 Å². The number of fused-ring (bicyclic) bond motifs is 1. The molecular weight excluding hydrogens is 300 g/mol. The van der Waals surface area contributed by atoms with Gasteiger partial charge in [0.05, 0.1) is 19.7 Å².